The molecule has 0 spiro atoms. The minimum Gasteiger partial charge on any atom is -0.352 e. The summed E-state index contributed by atoms with van der Waals surface area (Å²) in [6, 6.07) is 5.09. The Morgan fingerprint density at radius 3 is 2.80 bits per heavy atom. The van der Waals surface area contributed by atoms with Crippen LogP contribution in [0.4, 0.5) is 0 Å². The van der Waals surface area contributed by atoms with E-state index in [9.17, 15) is 18.0 Å². The largest absolute Gasteiger partial charge is 0.352 e. The fourth-order valence-corrected chi connectivity index (χ4v) is 4.54. The highest BCUT2D eigenvalue weighted by atomic mass is 32.2. The zero-order chi connectivity index (χ0) is 14.3. The van der Waals surface area contributed by atoms with Gasteiger partial charge < -0.3 is 5.32 Å². The van der Waals surface area contributed by atoms with E-state index in [4.69, 9.17) is 0 Å². The number of fused-ring (bicyclic) bond motifs is 1. The molecule has 3 rings (SSSR count). The number of ketones is 1. The first-order chi connectivity index (χ1) is 9.46. The lowest BCUT2D eigenvalue weighted by Gasteiger charge is -2.17. The number of sulfone groups is 1. The summed E-state index contributed by atoms with van der Waals surface area (Å²) >= 11 is 0. The van der Waals surface area contributed by atoms with Crippen LogP contribution in [0.3, 0.4) is 0 Å². The molecule has 0 saturated carbocycles. The van der Waals surface area contributed by atoms with Gasteiger partial charge in [-0.1, -0.05) is 12.1 Å². The van der Waals surface area contributed by atoms with E-state index in [0.717, 1.165) is 12.0 Å². The molecule has 0 aliphatic carbocycles. The molecule has 20 heavy (non-hydrogen) atoms. The van der Waals surface area contributed by atoms with Gasteiger partial charge in [-0.05, 0) is 24.5 Å². The molecule has 1 atom stereocenters. The van der Waals surface area contributed by atoms with Crippen molar-refractivity contribution in [2.45, 2.75) is 12.8 Å². The van der Waals surface area contributed by atoms with Gasteiger partial charge in [-0.15, -0.1) is 0 Å². The van der Waals surface area contributed by atoms with Crippen LogP contribution in [0.2, 0.25) is 0 Å². The quantitative estimate of drug-likeness (QED) is 0.809. The van der Waals surface area contributed by atoms with Crippen molar-refractivity contribution in [2.75, 3.05) is 18.1 Å². The van der Waals surface area contributed by atoms with E-state index in [1.54, 1.807) is 18.2 Å². The van der Waals surface area contributed by atoms with Crippen LogP contribution < -0.4 is 5.32 Å². The molecule has 0 bridgehead atoms. The third-order valence-corrected chi connectivity index (χ3v) is 5.69. The van der Waals surface area contributed by atoms with Crippen LogP contribution >= 0.6 is 0 Å². The molecule has 0 radical (unpaired) electrons. The van der Waals surface area contributed by atoms with Gasteiger partial charge in [0.25, 0.3) is 5.91 Å². The Hall–Kier alpha value is -1.69. The predicted molar refractivity (Wildman–Crippen MR) is 73.6 cm³/mol. The first kappa shape index (κ1) is 13.3. The van der Waals surface area contributed by atoms with Crippen molar-refractivity contribution in [1.82, 2.24) is 5.32 Å². The lowest BCUT2D eigenvalue weighted by molar-refractivity contribution is 0.0933. The average Bonchev–Trinajstić information content (AvgIpc) is 2.78. The Kier molecular flexibility index (Phi) is 3.12. The minimum atomic E-state index is -3.08. The fraction of sp³-hybridized carbons (Fsp3) is 0.429. The van der Waals surface area contributed by atoms with Gasteiger partial charge in [0.15, 0.2) is 15.6 Å². The van der Waals surface area contributed by atoms with Gasteiger partial charge in [0, 0.05) is 23.6 Å². The van der Waals surface area contributed by atoms with E-state index in [1.807, 2.05) is 0 Å². The van der Waals surface area contributed by atoms with Gasteiger partial charge >= 0.3 is 0 Å². The number of carbonyl (C=O) groups is 2. The summed E-state index contributed by atoms with van der Waals surface area (Å²) in [6.45, 7) is 0.611. The number of nitrogens with one attached hydrogen (secondary N) is 1. The topological polar surface area (TPSA) is 80.3 Å². The molecule has 1 fully saturated rings. The van der Waals surface area contributed by atoms with Gasteiger partial charge in [-0.25, -0.2) is 8.42 Å². The normalized spacial score (nSPS) is 24.0. The monoisotopic (exact) mass is 293 g/mol. The van der Waals surface area contributed by atoms with Crippen LogP contribution in [0.15, 0.2) is 18.2 Å². The smallest absolute Gasteiger partial charge is 0.251 e. The summed E-state index contributed by atoms with van der Waals surface area (Å²) < 4.78 is 22.9. The molecule has 1 aromatic rings. The second kappa shape index (κ2) is 4.70. The highest BCUT2D eigenvalue weighted by molar-refractivity contribution is 7.91. The van der Waals surface area contributed by atoms with Crippen molar-refractivity contribution in [3.63, 3.8) is 0 Å². The van der Waals surface area contributed by atoms with Crippen molar-refractivity contribution < 1.29 is 18.0 Å². The third-order valence-electron chi connectivity index (χ3n) is 3.92. The summed E-state index contributed by atoms with van der Waals surface area (Å²) in [4.78, 5) is 24.1. The van der Waals surface area contributed by atoms with Crippen molar-refractivity contribution in [1.29, 1.82) is 0 Å². The molecule has 2 heterocycles. The molecule has 5 nitrogen and oxygen atoms in total. The van der Waals surface area contributed by atoms with Crippen LogP contribution in [-0.4, -0.2) is 38.2 Å². The maximum absolute atomic E-state index is 12.3. The predicted octanol–water partition coefficient (Wildman–Crippen LogP) is 0.590. The van der Waals surface area contributed by atoms with E-state index in [1.165, 1.54) is 0 Å². The van der Waals surface area contributed by atoms with E-state index >= 15 is 0 Å². The minimum absolute atomic E-state index is 0.0743. The molecule has 1 N–H and O–H groups in total. The zero-order valence-electron chi connectivity index (χ0n) is 10.9. The first-order valence-corrected chi connectivity index (χ1v) is 8.44. The number of hydrogen-bond acceptors (Lipinski definition) is 4. The molecule has 0 aromatic heterocycles. The molecule has 1 aromatic carbocycles. The van der Waals surface area contributed by atoms with E-state index < -0.39 is 15.8 Å². The van der Waals surface area contributed by atoms with Crippen LogP contribution in [0.25, 0.3) is 0 Å². The van der Waals surface area contributed by atoms with Crippen molar-refractivity contribution in [3.05, 3.63) is 34.9 Å². The Morgan fingerprint density at radius 2 is 2.10 bits per heavy atom. The number of benzene rings is 1. The van der Waals surface area contributed by atoms with Gasteiger partial charge in [-0.3, -0.25) is 9.59 Å². The van der Waals surface area contributed by atoms with Crippen LogP contribution in [0.5, 0.6) is 0 Å². The molecular formula is C14H15NO4S. The number of amides is 1. The molecule has 1 amide bonds. The standard InChI is InChI=1S/C14H15NO4S/c16-13(11-4-6-20(18,19)8-11)10-2-1-9-3-5-15-14(17)12(9)7-10/h1-2,7,11H,3-6,8H2,(H,15,17). The fourth-order valence-electron chi connectivity index (χ4n) is 2.80. The summed E-state index contributed by atoms with van der Waals surface area (Å²) in [5.74, 6) is -0.805. The van der Waals surface area contributed by atoms with Crippen LogP contribution in [0, 0.1) is 5.92 Å². The lowest BCUT2D eigenvalue weighted by Crippen LogP contribution is -2.32. The van der Waals surface area contributed by atoms with Gasteiger partial charge in [0.05, 0.1) is 11.5 Å². The highest BCUT2D eigenvalue weighted by Gasteiger charge is 2.33. The summed E-state index contributed by atoms with van der Waals surface area (Å²) in [5.41, 5.74) is 1.90. The Labute approximate surface area is 117 Å². The molecule has 1 unspecified atom stereocenters. The number of hydrogen-bond donors (Lipinski definition) is 1. The summed E-state index contributed by atoms with van der Waals surface area (Å²) in [5, 5.41) is 2.74. The zero-order valence-corrected chi connectivity index (χ0v) is 11.7. The Balaban J connectivity index is 1.90. The van der Waals surface area contributed by atoms with Crippen LogP contribution in [0.1, 0.15) is 32.7 Å². The number of carbonyl (C=O) groups excluding carboxylic acids is 2. The molecule has 2 aliphatic heterocycles. The second-order valence-electron chi connectivity index (χ2n) is 5.34. The van der Waals surface area contributed by atoms with Crippen molar-refractivity contribution in [3.8, 4) is 0 Å². The van der Waals surface area contributed by atoms with Gasteiger partial charge in [-0.2, -0.15) is 0 Å². The molecule has 106 valence electrons. The first-order valence-electron chi connectivity index (χ1n) is 6.62. The van der Waals surface area contributed by atoms with E-state index in [-0.39, 0.29) is 23.2 Å². The maximum Gasteiger partial charge on any atom is 0.251 e. The maximum atomic E-state index is 12.3. The summed E-state index contributed by atoms with van der Waals surface area (Å²) in [6.07, 6.45) is 1.14. The lowest BCUT2D eigenvalue weighted by atomic mass is 9.92. The van der Waals surface area contributed by atoms with Crippen LogP contribution in [-0.2, 0) is 16.3 Å². The second-order valence-corrected chi connectivity index (χ2v) is 7.57. The SMILES string of the molecule is O=C1NCCc2ccc(C(=O)C3CCS(=O)(=O)C3)cc21. The Bertz CT molecular complexity index is 693. The van der Waals surface area contributed by atoms with E-state index in [2.05, 4.69) is 5.32 Å². The van der Waals surface area contributed by atoms with Crippen molar-refractivity contribution in [2.24, 2.45) is 5.92 Å². The number of rotatable bonds is 2. The third kappa shape index (κ3) is 2.35. The molecule has 2 aliphatic rings. The molecule has 1 saturated heterocycles. The summed E-state index contributed by atoms with van der Waals surface area (Å²) in [7, 11) is -3.08. The van der Waals surface area contributed by atoms with Crippen molar-refractivity contribution >= 4 is 21.5 Å². The highest BCUT2D eigenvalue weighted by Crippen LogP contribution is 2.24. The van der Waals surface area contributed by atoms with Gasteiger partial charge in [0.1, 0.15) is 0 Å². The van der Waals surface area contributed by atoms with E-state index in [0.29, 0.717) is 24.1 Å². The number of Topliss-reactive ketones (excluding diaryl/α,β-unsaturated/α-hetero) is 1. The Morgan fingerprint density at radius 1 is 1.30 bits per heavy atom. The molecular weight excluding hydrogens is 278 g/mol. The van der Waals surface area contributed by atoms with Gasteiger partial charge in [0.2, 0.25) is 0 Å². The average molecular weight is 293 g/mol. The molecule has 6 heteroatoms.